The zero-order valence-electron chi connectivity index (χ0n) is 10.0. The van der Waals surface area contributed by atoms with E-state index in [1.807, 2.05) is 0 Å². The second kappa shape index (κ2) is 5.23. The highest BCUT2D eigenvalue weighted by Gasteiger charge is 2.29. The van der Waals surface area contributed by atoms with Crippen molar-refractivity contribution in [1.29, 1.82) is 0 Å². The van der Waals surface area contributed by atoms with Crippen LogP contribution in [0.2, 0.25) is 0 Å². The lowest BCUT2D eigenvalue weighted by Gasteiger charge is -2.29. The standard InChI is InChI=1S/C10H17N3O4S/c14-9-6-13(3-1-12-9)10(15)5-8-7-18(16,17)4-2-11-8/h8,11H,1-7H2,(H,12,14). The van der Waals surface area contributed by atoms with Crippen LogP contribution in [0.3, 0.4) is 0 Å². The number of hydrogen-bond acceptors (Lipinski definition) is 5. The molecule has 2 saturated heterocycles. The summed E-state index contributed by atoms with van der Waals surface area (Å²) in [6, 6.07) is -0.332. The third-order valence-electron chi connectivity index (χ3n) is 3.11. The predicted molar refractivity (Wildman–Crippen MR) is 64.7 cm³/mol. The molecule has 2 aliphatic rings. The van der Waals surface area contributed by atoms with E-state index in [1.165, 1.54) is 4.90 Å². The van der Waals surface area contributed by atoms with Gasteiger partial charge in [-0.1, -0.05) is 0 Å². The monoisotopic (exact) mass is 275 g/mol. The molecule has 0 saturated carbocycles. The van der Waals surface area contributed by atoms with Crippen molar-refractivity contribution < 1.29 is 18.0 Å². The predicted octanol–water partition coefficient (Wildman–Crippen LogP) is -2.28. The van der Waals surface area contributed by atoms with Gasteiger partial charge in [0.15, 0.2) is 9.84 Å². The van der Waals surface area contributed by atoms with Crippen LogP contribution < -0.4 is 10.6 Å². The van der Waals surface area contributed by atoms with Gasteiger partial charge in [-0.05, 0) is 0 Å². The molecule has 7 nitrogen and oxygen atoms in total. The number of piperazine rings is 1. The fraction of sp³-hybridized carbons (Fsp3) is 0.800. The SMILES string of the molecule is O=C1CN(C(=O)CC2CS(=O)(=O)CCN2)CCN1. The topological polar surface area (TPSA) is 95.6 Å². The minimum Gasteiger partial charge on any atom is -0.353 e. The summed E-state index contributed by atoms with van der Waals surface area (Å²) in [5.74, 6) is -0.207. The van der Waals surface area contributed by atoms with Crippen molar-refractivity contribution in [3.63, 3.8) is 0 Å². The van der Waals surface area contributed by atoms with Gasteiger partial charge in [0.2, 0.25) is 11.8 Å². The van der Waals surface area contributed by atoms with Crippen molar-refractivity contribution in [2.45, 2.75) is 12.5 Å². The molecular weight excluding hydrogens is 258 g/mol. The first-order chi connectivity index (χ1) is 8.46. The van der Waals surface area contributed by atoms with E-state index in [1.54, 1.807) is 0 Å². The number of carbonyl (C=O) groups is 2. The van der Waals surface area contributed by atoms with Crippen LogP contribution in [-0.2, 0) is 19.4 Å². The molecule has 1 atom stereocenters. The Labute approximate surface area is 106 Å². The molecule has 2 fully saturated rings. The molecule has 2 heterocycles. The van der Waals surface area contributed by atoms with E-state index < -0.39 is 9.84 Å². The second-order valence-electron chi connectivity index (χ2n) is 4.63. The molecule has 18 heavy (non-hydrogen) atoms. The Morgan fingerprint density at radius 1 is 1.39 bits per heavy atom. The van der Waals surface area contributed by atoms with Crippen molar-refractivity contribution in [2.75, 3.05) is 37.7 Å². The van der Waals surface area contributed by atoms with E-state index in [-0.39, 0.29) is 42.3 Å². The Hall–Kier alpha value is -1.15. The summed E-state index contributed by atoms with van der Waals surface area (Å²) >= 11 is 0. The van der Waals surface area contributed by atoms with Crippen LogP contribution in [0, 0.1) is 0 Å². The molecule has 0 bridgehead atoms. The van der Waals surface area contributed by atoms with Gasteiger partial charge in [0.25, 0.3) is 0 Å². The molecule has 1 unspecified atom stereocenters. The summed E-state index contributed by atoms with van der Waals surface area (Å²) in [4.78, 5) is 24.6. The van der Waals surface area contributed by atoms with Crippen LogP contribution in [0.15, 0.2) is 0 Å². The summed E-state index contributed by atoms with van der Waals surface area (Å²) in [7, 11) is -3.03. The summed E-state index contributed by atoms with van der Waals surface area (Å²) in [6.45, 7) is 1.41. The summed E-state index contributed by atoms with van der Waals surface area (Å²) < 4.78 is 22.9. The third-order valence-corrected chi connectivity index (χ3v) is 4.85. The minimum atomic E-state index is -3.03. The van der Waals surface area contributed by atoms with Crippen LogP contribution in [0.5, 0.6) is 0 Å². The lowest BCUT2D eigenvalue weighted by Crippen LogP contribution is -2.53. The summed E-state index contributed by atoms with van der Waals surface area (Å²) in [5, 5.41) is 5.67. The fourth-order valence-electron chi connectivity index (χ4n) is 2.19. The van der Waals surface area contributed by atoms with Gasteiger partial charge in [-0.25, -0.2) is 8.42 Å². The number of amides is 2. The molecular formula is C10H17N3O4S. The molecule has 0 aromatic rings. The lowest BCUT2D eigenvalue weighted by molar-refractivity contribution is -0.138. The van der Waals surface area contributed by atoms with Gasteiger partial charge < -0.3 is 15.5 Å². The third kappa shape index (κ3) is 3.42. The molecule has 2 amide bonds. The highest BCUT2D eigenvalue weighted by atomic mass is 32.2. The highest BCUT2D eigenvalue weighted by Crippen LogP contribution is 2.08. The fourth-order valence-corrected chi connectivity index (χ4v) is 3.63. The second-order valence-corrected chi connectivity index (χ2v) is 6.86. The van der Waals surface area contributed by atoms with Gasteiger partial charge in [-0.15, -0.1) is 0 Å². The number of carbonyl (C=O) groups excluding carboxylic acids is 2. The molecule has 102 valence electrons. The minimum absolute atomic E-state index is 0.00121. The van der Waals surface area contributed by atoms with Crippen molar-refractivity contribution >= 4 is 21.7 Å². The first-order valence-corrected chi connectivity index (χ1v) is 7.77. The Bertz CT molecular complexity index is 448. The van der Waals surface area contributed by atoms with E-state index in [0.29, 0.717) is 19.6 Å². The number of hydrogen-bond donors (Lipinski definition) is 2. The summed E-state index contributed by atoms with van der Waals surface area (Å²) in [5.41, 5.74) is 0. The lowest BCUT2D eigenvalue weighted by atomic mass is 10.2. The van der Waals surface area contributed by atoms with Crippen molar-refractivity contribution in [1.82, 2.24) is 15.5 Å². The van der Waals surface area contributed by atoms with Crippen LogP contribution >= 0.6 is 0 Å². The van der Waals surface area contributed by atoms with Crippen LogP contribution in [-0.4, -0.2) is 68.9 Å². The van der Waals surface area contributed by atoms with Crippen molar-refractivity contribution in [2.24, 2.45) is 0 Å². The van der Waals surface area contributed by atoms with Gasteiger partial charge in [-0.2, -0.15) is 0 Å². The quantitative estimate of drug-likeness (QED) is 0.592. The van der Waals surface area contributed by atoms with E-state index in [9.17, 15) is 18.0 Å². The Morgan fingerprint density at radius 3 is 2.83 bits per heavy atom. The number of sulfone groups is 1. The highest BCUT2D eigenvalue weighted by molar-refractivity contribution is 7.91. The Balaban J connectivity index is 1.89. The molecule has 2 aliphatic heterocycles. The molecule has 0 aromatic heterocycles. The average molecular weight is 275 g/mol. The smallest absolute Gasteiger partial charge is 0.239 e. The van der Waals surface area contributed by atoms with Gasteiger partial charge in [0, 0.05) is 32.1 Å². The van der Waals surface area contributed by atoms with E-state index >= 15 is 0 Å². The maximum absolute atomic E-state index is 11.9. The van der Waals surface area contributed by atoms with E-state index in [4.69, 9.17) is 0 Å². The number of nitrogens with one attached hydrogen (secondary N) is 2. The van der Waals surface area contributed by atoms with Crippen LogP contribution in [0.1, 0.15) is 6.42 Å². The van der Waals surface area contributed by atoms with Gasteiger partial charge in [0.05, 0.1) is 18.1 Å². The first-order valence-electron chi connectivity index (χ1n) is 5.94. The molecule has 0 aromatic carbocycles. The van der Waals surface area contributed by atoms with Gasteiger partial charge in [-0.3, -0.25) is 9.59 Å². The van der Waals surface area contributed by atoms with Crippen molar-refractivity contribution in [3.05, 3.63) is 0 Å². The average Bonchev–Trinajstić information content (AvgIpc) is 2.27. The van der Waals surface area contributed by atoms with E-state index in [0.717, 1.165) is 0 Å². The molecule has 8 heteroatoms. The molecule has 0 spiro atoms. The van der Waals surface area contributed by atoms with E-state index in [2.05, 4.69) is 10.6 Å². The Morgan fingerprint density at radius 2 is 2.17 bits per heavy atom. The van der Waals surface area contributed by atoms with Crippen molar-refractivity contribution in [3.8, 4) is 0 Å². The number of nitrogens with zero attached hydrogens (tertiary/aromatic N) is 1. The molecule has 2 N–H and O–H groups in total. The zero-order valence-corrected chi connectivity index (χ0v) is 10.8. The Kier molecular flexibility index (Phi) is 3.86. The largest absolute Gasteiger partial charge is 0.353 e. The number of rotatable bonds is 2. The molecule has 0 radical (unpaired) electrons. The van der Waals surface area contributed by atoms with Crippen LogP contribution in [0.4, 0.5) is 0 Å². The van der Waals surface area contributed by atoms with Gasteiger partial charge >= 0.3 is 0 Å². The van der Waals surface area contributed by atoms with Gasteiger partial charge in [0.1, 0.15) is 0 Å². The summed E-state index contributed by atoms with van der Waals surface area (Å²) in [6.07, 6.45) is 0.131. The molecule has 0 aliphatic carbocycles. The maximum Gasteiger partial charge on any atom is 0.239 e. The maximum atomic E-state index is 11.9. The molecule has 2 rings (SSSR count). The first kappa shape index (κ1) is 13.3. The van der Waals surface area contributed by atoms with Crippen LogP contribution in [0.25, 0.3) is 0 Å². The zero-order chi connectivity index (χ0) is 13.2. The normalized spacial score (nSPS) is 27.7.